The highest BCUT2D eigenvalue weighted by atomic mass is 79.9. The highest BCUT2D eigenvalue weighted by molar-refractivity contribution is 9.10. The van der Waals surface area contributed by atoms with Crippen molar-refractivity contribution in [1.82, 2.24) is 0 Å². The van der Waals surface area contributed by atoms with Crippen LogP contribution in [0.15, 0.2) is 28.7 Å². The first-order valence-electron chi connectivity index (χ1n) is 3.59. The average Bonchev–Trinajstić information content (AvgIpc) is 2.03. The second kappa shape index (κ2) is 3.72. The number of carbonyl (C=O) groups is 1. The van der Waals surface area contributed by atoms with Gasteiger partial charge in [-0.25, -0.2) is 0 Å². The molecule has 1 rings (SSSR count). The molecule has 0 aliphatic heterocycles. The third-order valence-corrected chi connectivity index (χ3v) is 2.21. The third kappa shape index (κ3) is 2.08. The van der Waals surface area contributed by atoms with Gasteiger partial charge in [-0.05, 0) is 24.6 Å². The second-order valence-electron chi connectivity index (χ2n) is 2.61. The molecule has 0 fully saturated rings. The van der Waals surface area contributed by atoms with Crippen molar-refractivity contribution in [3.05, 3.63) is 34.3 Å². The van der Waals surface area contributed by atoms with E-state index in [-0.39, 0.29) is 0 Å². The van der Waals surface area contributed by atoms with Crippen LogP contribution in [0.2, 0.25) is 0 Å². The Bertz CT molecular complexity index is 296. The standard InChI is InChI=1S/C9H9BrO2/c1-6(9(11)12)7-3-2-4-8(10)5-7/h2-6H,1H3,(H,11,12). The molecule has 64 valence electrons. The summed E-state index contributed by atoms with van der Waals surface area (Å²) in [5.74, 6) is -1.24. The van der Waals surface area contributed by atoms with Crippen LogP contribution in [0.5, 0.6) is 0 Å². The van der Waals surface area contributed by atoms with Crippen LogP contribution in [0.4, 0.5) is 0 Å². The molecule has 3 heteroatoms. The molecule has 0 saturated carbocycles. The fourth-order valence-electron chi connectivity index (χ4n) is 0.919. The SMILES string of the molecule is CC(C(=O)O)c1cccc(Br)c1. The van der Waals surface area contributed by atoms with E-state index in [0.717, 1.165) is 10.0 Å². The van der Waals surface area contributed by atoms with E-state index in [2.05, 4.69) is 15.9 Å². The van der Waals surface area contributed by atoms with Crippen LogP contribution in [0.3, 0.4) is 0 Å². The number of rotatable bonds is 2. The number of carboxylic acids is 1. The van der Waals surface area contributed by atoms with Gasteiger partial charge in [0.25, 0.3) is 0 Å². The molecule has 0 amide bonds. The monoisotopic (exact) mass is 228 g/mol. The molecule has 0 heterocycles. The number of carboxylic acid groups (broad SMARTS) is 1. The zero-order valence-electron chi connectivity index (χ0n) is 6.62. The summed E-state index contributed by atoms with van der Waals surface area (Å²) in [6, 6.07) is 7.33. The second-order valence-corrected chi connectivity index (χ2v) is 3.53. The summed E-state index contributed by atoms with van der Waals surface area (Å²) in [6.45, 7) is 1.67. The van der Waals surface area contributed by atoms with Crippen molar-refractivity contribution in [3.63, 3.8) is 0 Å². The predicted molar refractivity (Wildman–Crippen MR) is 50.2 cm³/mol. The Morgan fingerprint density at radius 3 is 2.75 bits per heavy atom. The van der Waals surface area contributed by atoms with Crippen molar-refractivity contribution < 1.29 is 9.90 Å². The molecule has 1 unspecified atom stereocenters. The Hall–Kier alpha value is -0.830. The molecule has 1 atom stereocenters. The van der Waals surface area contributed by atoms with Crippen molar-refractivity contribution in [2.45, 2.75) is 12.8 Å². The minimum atomic E-state index is -0.798. The Balaban J connectivity index is 2.95. The number of halogens is 1. The van der Waals surface area contributed by atoms with Crippen LogP contribution < -0.4 is 0 Å². The summed E-state index contributed by atoms with van der Waals surface area (Å²) in [5.41, 5.74) is 0.817. The van der Waals surface area contributed by atoms with E-state index >= 15 is 0 Å². The minimum absolute atomic E-state index is 0.442. The van der Waals surface area contributed by atoms with Crippen molar-refractivity contribution in [3.8, 4) is 0 Å². The zero-order valence-corrected chi connectivity index (χ0v) is 8.21. The van der Waals surface area contributed by atoms with Crippen LogP contribution in [0.25, 0.3) is 0 Å². The lowest BCUT2D eigenvalue weighted by Crippen LogP contribution is -2.06. The van der Waals surface area contributed by atoms with Gasteiger partial charge in [-0.2, -0.15) is 0 Å². The number of benzene rings is 1. The first kappa shape index (κ1) is 9.26. The number of hydrogen-bond donors (Lipinski definition) is 1. The Morgan fingerprint density at radius 2 is 2.25 bits per heavy atom. The summed E-state index contributed by atoms with van der Waals surface area (Å²) >= 11 is 3.29. The van der Waals surface area contributed by atoms with Crippen molar-refractivity contribution in [1.29, 1.82) is 0 Å². The quantitative estimate of drug-likeness (QED) is 0.846. The van der Waals surface area contributed by atoms with E-state index in [9.17, 15) is 4.79 Å². The lowest BCUT2D eigenvalue weighted by molar-refractivity contribution is -0.138. The van der Waals surface area contributed by atoms with Crippen LogP contribution in [0, 0.1) is 0 Å². The minimum Gasteiger partial charge on any atom is -0.481 e. The summed E-state index contributed by atoms with van der Waals surface area (Å²) in [6.07, 6.45) is 0. The molecule has 1 aromatic carbocycles. The van der Waals surface area contributed by atoms with E-state index < -0.39 is 11.9 Å². The molecule has 0 aromatic heterocycles. The maximum atomic E-state index is 10.6. The van der Waals surface area contributed by atoms with E-state index in [0.29, 0.717) is 0 Å². The van der Waals surface area contributed by atoms with Gasteiger partial charge < -0.3 is 5.11 Å². The van der Waals surface area contributed by atoms with Gasteiger partial charge in [-0.3, -0.25) is 4.79 Å². The van der Waals surface area contributed by atoms with Crippen molar-refractivity contribution >= 4 is 21.9 Å². The molecule has 1 aromatic rings. The molecule has 1 N–H and O–H groups in total. The van der Waals surface area contributed by atoms with Gasteiger partial charge in [0.1, 0.15) is 0 Å². The number of aliphatic carboxylic acids is 1. The Kier molecular flexibility index (Phi) is 2.87. The van der Waals surface area contributed by atoms with Gasteiger partial charge in [-0.1, -0.05) is 28.1 Å². The average molecular weight is 229 g/mol. The lowest BCUT2D eigenvalue weighted by Gasteiger charge is -2.05. The maximum absolute atomic E-state index is 10.6. The lowest BCUT2D eigenvalue weighted by atomic mass is 10.0. The molecule has 0 spiro atoms. The molecule has 12 heavy (non-hydrogen) atoms. The first-order chi connectivity index (χ1) is 5.61. The largest absolute Gasteiger partial charge is 0.481 e. The van der Waals surface area contributed by atoms with E-state index in [1.54, 1.807) is 6.92 Å². The summed E-state index contributed by atoms with van der Waals surface area (Å²) < 4.78 is 0.910. The highest BCUT2D eigenvalue weighted by Crippen LogP contribution is 2.19. The topological polar surface area (TPSA) is 37.3 Å². The molecular weight excluding hydrogens is 220 g/mol. The molecule has 0 aliphatic rings. The zero-order chi connectivity index (χ0) is 9.14. The molecular formula is C9H9BrO2. The van der Waals surface area contributed by atoms with Gasteiger partial charge >= 0.3 is 5.97 Å². The smallest absolute Gasteiger partial charge is 0.310 e. The van der Waals surface area contributed by atoms with Gasteiger partial charge in [0.15, 0.2) is 0 Å². The van der Waals surface area contributed by atoms with Crippen LogP contribution in [-0.2, 0) is 4.79 Å². The van der Waals surface area contributed by atoms with Crippen LogP contribution in [-0.4, -0.2) is 11.1 Å². The molecule has 0 bridgehead atoms. The van der Waals surface area contributed by atoms with E-state index in [1.165, 1.54) is 0 Å². The molecule has 0 radical (unpaired) electrons. The van der Waals surface area contributed by atoms with Gasteiger partial charge in [0, 0.05) is 4.47 Å². The normalized spacial score (nSPS) is 12.5. The van der Waals surface area contributed by atoms with E-state index in [4.69, 9.17) is 5.11 Å². The van der Waals surface area contributed by atoms with Crippen molar-refractivity contribution in [2.75, 3.05) is 0 Å². The summed E-state index contributed by atoms with van der Waals surface area (Å²) in [5, 5.41) is 8.71. The predicted octanol–water partition coefficient (Wildman–Crippen LogP) is 2.64. The third-order valence-electron chi connectivity index (χ3n) is 1.72. The van der Waals surface area contributed by atoms with Crippen LogP contribution >= 0.6 is 15.9 Å². The van der Waals surface area contributed by atoms with Crippen LogP contribution in [0.1, 0.15) is 18.4 Å². The molecule has 0 saturated heterocycles. The molecule has 2 nitrogen and oxygen atoms in total. The van der Waals surface area contributed by atoms with Gasteiger partial charge in [0.05, 0.1) is 5.92 Å². The highest BCUT2D eigenvalue weighted by Gasteiger charge is 2.12. The van der Waals surface area contributed by atoms with Crippen molar-refractivity contribution in [2.24, 2.45) is 0 Å². The molecule has 0 aliphatic carbocycles. The fraction of sp³-hybridized carbons (Fsp3) is 0.222. The Labute approximate surface area is 79.3 Å². The summed E-state index contributed by atoms with van der Waals surface area (Å²) in [4.78, 5) is 10.6. The fourth-order valence-corrected chi connectivity index (χ4v) is 1.34. The summed E-state index contributed by atoms with van der Waals surface area (Å²) in [7, 11) is 0. The number of hydrogen-bond acceptors (Lipinski definition) is 1. The van der Waals surface area contributed by atoms with E-state index in [1.807, 2.05) is 24.3 Å². The van der Waals surface area contributed by atoms with Gasteiger partial charge in [0.2, 0.25) is 0 Å². The Morgan fingerprint density at radius 1 is 1.58 bits per heavy atom. The maximum Gasteiger partial charge on any atom is 0.310 e. The van der Waals surface area contributed by atoms with Gasteiger partial charge in [-0.15, -0.1) is 0 Å². The first-order valence-corrected chi connectivity index (χ1v) is 4.39.